The molecule has 0 saturated heterocycles. The first-order valence-corrected chi connectivity index (χ1v) is 6.87. The van der Waals surface area contributed by atoms with Crippen molar-refractivity contribution in [3.63, 3.8) is 0 Å². The lowest BCUT2D eigenvalue weighted by atomic mass is 9.97. The van der Waals surface area contributed by atoms with Gasteiger partial charge in [0, 0.05) is 10.5 Å². The molecule has 19 heavy (non-hydrogen) atoms. The van der Waals surface area contributed by atoms with Gasteiger partial charge in [-0.1, -0.05) is 35.8 Å². The Kier molecular flexibility index (Phi) is 5.82. The fourth-order valence-electron chi connectivity index (χ4n) is 1.82. The van der Waals surface area contributed by atoms with Gasteiger partial charge in [-0.05, 0) is 36.5 Å². The van der Waals surface area contributed by atoms with Crippen molar-refractivity contribution in [2.24, 2.45) is 11.8 Å². The van der Waals surface area contributed by atoms with E-state index >= 15 is 0 Å². The molecule has 0 radical (unpaired) electrons. The SMILES string of the molecule is CC(C)CCC(NN)c1ccc(Br)c(C(F)(F)F)c1. The second kappa shape index (κ2) is 6.72. The first-order chi connectivity index (χ1) is 8.75. The monoisotopic (exact) mass is 338 g/mol. The molecule has 1 aromatic carbocycles. The Morgan fingerprint density at radius 3 is 2.37 bits per heavy atom. The molecule has 0 fully saturated rings. The molecular formula is C13H18BrF3N2. The summed E-state index contributed by atoms with van der Waals surface area (Å²) in [4.78, 5) is 0. The first kappa shape index (κ1) is 16.5. The van der Waals surface area contributed by atoms with Crippen LogP contribution in [-0.2, 0) is 6.18 Å². The maximum absolute atomic E-state index is 12.8. The van der Waals surface area contributed by atoms with Crippen molar-refractivity contribution in [2.45, 2.75) is 38.9 Å². The van der Waals surface area contributed by atoms with Gasteiger partial charge in [0.2, 0.25) is 0 Å². The number of nitrogens with one attached hydrogen (secondary N) is 1. The molecule has 1 aromatic rings. The zero-order chi connectivity index (χ0) is 14.6. The van der Waals surface area contributed by atoms with Crippen LogP contribution in [0.25, 0.3) is 0 Å². The van der Waals surface area contributed by atoms with Gasteiger partial charge in [0.25, 0.3) is 0 Å². The van der Waals surface area contributed by atoms with Crippen LogP contribution in [0.4, 0.5) is 13.2 Å². The van der Waals surface area contributed by atoms with Crippen LogP contribution < -0.4 is 11.3 Å². The largest absolute Gasteiger partial charge is 0.417 e. The molecule has 6 heteroatoms. The van der Waals surface area contributed by atoms with Crippen molar-refractivity contribution in [3.8, 4) is 0 Å². The van der Waals surface area contributed by atoms with Crippen molar-refractivity contribution >= 4 is 15.9 Å². The van der Waals surface area contributed by atoms with E-state index in [9.17, 15) is 13.2 Å². The molecule has 3 N–H and O–H groups in total. The average Bonchev–Trinajstić information content (AvgIpc) is 2.29. The summed E-state index contributed by atoms with van der Waals surface area (Å²) in [5, 5.41) is 0. The summed E-state index contributed by atoms with van der Waals surface area (Å²) < 4.78 is 38.5. The first-order valence-electron chi connectivity index (χ1n) is 6.08. The maximum atomic E-state index is 12.8. The summed E-state index contributed by atoms with van der Waals surface area (Å²) in [5.74, 6) is 5.93. The highest BCUT2D eigenvalue weighted by atomic mass is 79.9. The molecule has 2 nitrogen and oxygen atoms in total. The summed E-state index contributed by atoms with van der Waals surface area (Å²) >= 11 is 2.93. The van der Waals surface area contributed by atoms with E-state index in [0.29, 0.717) is 17.9 Å². The highest BCUT2D eigenvalue weighted by Crippen LogP contribution is 2.36. The van der Waals surface area contributed by atoms with E-state index in [1.165, 1.54) is 6.07 Å². The predicted octanol–water partition coefficient (Wildman–Crippen LogP) is 4.41. The average molecular weight is 339 g/mol. The van der Waals surface area contributed by atoms with Crippen molar-refractivity contribution < 1.29 is 13.2 Å². The van der Waals surface area contributed by atoms with Crippen molar-refractivity contribution in [1.29, 1.82) is 0 Å². The lowest BCUT2D eigenvalue weighted by Crippen LogP contribution is -2.28. The van der Waals surface area contributed by atoms with Crippen molar-refractivity contribution in [1.82, 2.24) is 5.43 Å². The standard InChI is InChI=1S/C13H18BrF3N2/c1-8(2)3-6-12(19-18)9-4-5-11(14)10(7-9)13(15,16)17/h4-5,7-8,12,19H,3,6,18H2,1-2H3. The Morgan fingerprint density at radius 2 is 1.89 bits per heavy atom. The van der Waals surface area contributed by atoms with Crippen LogP contribution in [0, 0.1) is 5.92 Å². The van der Waals surface area contributed by atoms with Gasteiger partial charge in [-0.2, -0.15) is 13.2 Å². The van der Waals surface area contributed by atoms with Gasteiger partial charge >= 0.3 is 6.18 Å². The van der Waals surface area contributed by atoms with Crippen LogP contribution in [0.1, 0.15) is 43.9 Å². The Hall–Kier alpha value is -0.590. The zero-order valence-electron chi connectivity index (χ0n) is 10.9. The third-order valence-electron chi connectivity index (χ3n) is 2.93. The van der Waals surface area contributed by atoms with E-state index in [4.69, 9.17) is 5.84 Å². The van der Waals surface area contributed by atoms with Crippen LogP contribution in [0.15, 0.2) is 22.7 Å². The number of hydrogen-bond acceptors (Lipinski definition) is 2. The molecule has 0 saturated carbocycles. The second-order valence-corrected chi connectivity index (χ2v) is 5.78. The number of rotatable bonds is 5. The summed E-state index contributed by atoms with van der Waals surface area (Å²) in [6, 6.07) is 3.95. The van der Waals surface area contributed by atoms with Crippen LogP contribution >= 0.6 is 15.9 Å². The number of nitrogens with two attached hydrogens (primary N) is 1. The Labute approximate surface area is 119 Å². The third kappa shape index (κ3) is 4.78. The minimum atomic E-state index is -4.37. The lowest BCUT2D eigenvalue weighted by Gasteiger charge is -2.19. The fourth-order valence-corrected chi connectivity index (χ4v) is 2.29. The van der Waals surface area contributed by atoms with E-state index < -0.39 is 11.7 Å². The molecule has 1 atom stereocenters. The van der Waals surface area contributed by atoms with Crippen molar-refractivity contribution in [2.75, 3.05) is 0 Å². The molecule has 1 unspecified atom stereocenters. The van der Waals surface area contributed by atoms with E-state index in [1.54, 1.807) is 6.07 Å². The topological polar surface area (TPSA) is 38.0 Å². The summed E-state index contributed by atoms with van der Waals surface area (Å²) in [6.07, 6.45) is -2.77. The molecule has 0 bridgehead atoms. The minimum Gasteiger partial charge on any atom is -0.271 e. The van der Waals surface area contributed by atoms with Gasteiger partial charge in [0.15, 0.2) is 0 Å². The van der Waals surface area contributed by atoms with Gasteiger partial charge in [-0.15, -0.1) is 0 Å². The smallest absolute Gasteiger partial charge is 0.271 e. The lowest BCUT2D eigenvalue weighted by molar-refractivity contribution is -0.138. The highest BCUT2D eigenvalue weighted by molar-refractivity contribution is 9.10. The molecule has 0 aliphatic carbocycles. The number of hydrogen-bond donors (Lipinski definition) is 2. The molecule has 0 spiro atoms. The summed E-state index contributed by atoms with van der Waals surface area (Å²) in [5.41, 5.74) is 2.47. The molecule has 108 valence electrons. The number of halogens is 4. The van der Waals surface area contributed by atoms with E-state index in [-0.39, 0.29) is 10.5 Å². The van der Waals surface area contributed by atoms with Gasteiger partial charge in [-0.25, -0.2) is 0 Å². The van der Waals surface area contributed by atoms with Gasteiger partial charge in [0.1, 0.15) is 0 Å². The van der Waals surface area contributed by atoms with E-state index in [0.717, 1.165) is 12.5 Å². The fraction of sp³-hybridized carbons (Fsp3) is 0.538. The predicted molar refractivity (Wildman–Crippen MR) is 73.3 cm³/mol. The third-order valence-corrected chi connectivity index (χ3v) is 3.62. The molecular weight excluding hydrogens is 321 g/mol. The molecule has 0 aliphatic rings. The van der Waals surface area contributed by atoms with Crippen LogP contribution in [-0.4, -0.2) is 0 Å². The van der Waals surface area contributed by atoms with Gasteiger partial charge in [-0.3, -0.25) is 11.3 Å². The number of benzene rings is 1. The van der Waals surface area contributed by atoms with E-state index in [2.05, 4.69) is 35.2 Å². The van der Waals surface area contributed by atoms with Crippen LogP contribution in [0.3, 0.4) is 0 Å². The Bertz CT molecular complexity index is 419. The number of alkyl halides is 3. The maximum Gasteiger partial charge on any atom is 0.417 e. The van der Waals surface area contributed by atoms with Gasteiger partial charge in [0.05, 0.1) is 5.56 Å². The molecule has 0 aromatic heterocycles. The normalized spacial score (nSPS) is 13.9. The van der Waals surface area contributed by atoms with Crippen LogP contribution in [0.5, 0.6) is 0 Å². The highest BCUT2D eigenvalue weighted by Gasteiger charge is 2.33. The summed E-state index contributed by atoms with van der Waals surface area (Å²) in [7, 11) is 0. The van der Waals surface area contributed by atoms with Gasteiger partial charge < -0.3 is 0 Å². The summed E-state index contributed by atoms with van der Waals surface area (Å²) in [6.45, 7) is 4.13. The number of hydrazine groups is 1. The zero-order valence-corrected chi connectivity index (χ0v) is 12.5. The Balaban J connectivity index is 2.99. The van der Waals surface area contributed by atoms with E-state index in [1.807, 2.05) is 0 Å². The molecule has 0 aliphatic heterocycles. The van der Waals surface area contributed by atoms with Crippen LogP contribution in [0.2, 0.25) is 0 Å². The minimum absolute atomic E-state index is 0.0448. The second-order valence-electron chi connectivity index (χ2n) is 4.93. The molecule has 1 rings (SSSR count). The van der Waals surface area contributed by atoms with Crippen molar-refractivity contribution in [3.05, 3.63) is 33.8 Å². The Morgan fingerprint density at radius 1 is 1.26 bits per heavy atom. The molecule has 0 heterocycles. The quantitative estimate of drug-likeness (QED) is 0.616. The molecule has 0 amide bonds.